The molecule has 1 atom stereocenters. The fraction of sp³-hybridized carbons (Fsp3) is 0.368. The van der Waals surface area contributed by atoms with Gasteiger partial charge in [-0.1, -0.05) is 24.3 Å². The van der Waals surface area contributed by atoms with Gasteiger partial charge in [0.1, 0.15) is 5.75 Å². The fourth-order valence-corrected chi connectivity index (χ4v) is 3.47. The highest BCUT2D eigenvalue weighted by atomic mass is 16.5. The molecule has 1 aliphatic carbocycles. The number of phenols is 1. The number of phenolic OH excluding ortho intramolecular Hbond substituents is 1. The maximum atomic E-state index is 9.96. The Kier molecular flexibility index (Phi) is 3.83. The van der Waals surface area contributed by atoms with Crippen molar-refractivity contribution in [3.63, 3.8) is 0 Å². The minimum absolute atomic E-state index is 0.277. The Labute approximate surface area is 136 Å². The molecule has 2 aliphatic rings. The van der Waals surface area contributed by atoms with Gasteiger partial charge >= 0.3 is 0 Å². The Hall–Kier alpha value is -2.20. The topological polar surface area (TPSA) is 50.7 Å². The number of ether oxygens (including phenoxy) is 2. The van der Waals surface area contributed by atoms with Crippen LogP contribution in [0.3, 0.4) is 0 Å². The fourth-order valence-electron chi connectivity index (χ4n) is 3.47. The summed E-state index contributed by atoms with van der Waals surface area (Å²) in [5.41, 5.74) is 3.42. The van der Waals surface area contributed by atoms with Crippen LogP contribution in [0.25, 0.3) is 0 Å². The van der Waals surface area contributed by atoms with Gasteiger partial charge in [-0.05, 0) is 36.1 Å². The molecule has 0 saturated carbocycles. The standard InChI is InChI=1S/C19H21NO3/c21-17-6-2-5-14-15(17)8-9-16(14)20-12-13-4-1-7-18-19(13)23-11-3-10-22-18/h1-2,4-7,16,20-21H,3,8-12H2/t16-/m1/s1. The molecule has 0 aromatic heterocycles. The molecule has 4 rings (SSSR count). The third kappa shape index (κ3) is 2.75. The Balaban J connectivity index is 1.52. The lowest BCUT2D eigenvalue weighted by atomic mass is 10.1. The van der Waals surface area contributed by atoms with Crippen molar-refractivity contribution >= 4 is 0 Å². The Morgan fingerprint density at radius 1 is 1.09 bits per heavy atom. The van der Waals surface area contributed by atoms with Crippen molar-refractivity contribution in [1.29, 1.82) is 0 Å². The first-order valence-electron chi connectivity index (χ1n) is 8.24. The van der Waals surface area contributed by atoms with Crippen molar-refractivity contribution in [3.8, 4) is 17.2 Å². The van der Waals surface area contributed by atoms with E-state index in [4.69, 9.17) is 9.47 Å². The summed E-state index contributed by atoms with van der Waals surface area (Å²) in [5, 5.41) is 13.6. The van der Waals surface area contributed by atoms with E-state index in [1.54, 1.807) is 6.07 Å². The molecule has 0 fully saturated rings. The van der Waals surface area contributed by atoms with Crippen LogP contribution in [0.15, 0.2) is 36.4 Å². The van der Waals surface area contributed by atoms with Gasteiger partial charge in [0.25, 0.3) is 0 Å². The van der Waals surface area contributed by atoms with E-state index in [0.29, 0.717) is 19.0 Å². The van der Waals surface area contributed by atoms with Gasteiger partial charge in [0.2, 0.25) is 0 Å². The van der Waals surface area contributed by atoms with E-state index in [-0.39, 0.29) is 6.04 Å². The van der Waals surface area contributed by atoms with Gasteiger partial charge in [-0.15, -0.1) is 0 Å². The number of aromatic hydroxyl groups is 1. The van der Waals surface area contributed by atoms with Crippen LogP contribution in [0, 0.1) is 0 Å². The zero-order chi connectivity index (χ0) is 15.6. The highest BCUT2D eigenvalue weighted by Gasteiger charge is 2.24. The van der Waals surface area contributed by atoms with Gasteiger partial charge in [0, 0.05) is 24.6 Å². The van der Waals surface area contributed by atoms with E-state index in [0.717, 1.165) is 48.4 Å². The van der Waals surface area contributed by atoms with E-state index >= 15 is 0 Å². The third-order valence-corrected chi connectivity index (χ3v) is 4.64. The van der Waals surface area contributed by atoms with Crippen LogP contribution in [0.1, 0.15) is 35.6 Å². The average molecular weight is 311 g/mol. The first-order chi connectivity index (χ1) is 11.3. The zero-order valence-electron chi connectivity index (χ0n) is 13.0. The molecule has 120 valence electrons. The summed E-state index contributed by atoms with van der Waals surface area (Å²) in [4.78, 5) is 0. The highest BCUT2D eigenvalue weighted by Crippen LogP contribution is 2.37. The molecule has 4 nitrogen and oxygen atoms in total. The molecular formula is C19H21NO3. The van der Waals surface area contributed by atoms with Crippen molar-refractivity contribution in [2.75, 3.05) is 13.2 Å². The molecule has 0 bridgehead atoms. The highest BCUT2D eigenvalue weighted by molar-refractivity contribution is 5.47. The van der Waals surface area contributed by atoms with Crippen LogP contribution in [0.5, 0.6) is 17.2 Å². The predicted molar refractivity (Wildman–Crippen MR) is 88.1 cm³/mol. The number of hydrogen-bond acceptors (Lipinski definition) is 4. The molecule has 4 heteroatoms. The molecule has 1 heterocycles. The number of nitrogens with one attached hydrogen (secondary N) is 1. The average Bonchev–Trinajstić information content (AvgIpc) is 2.83. The summed E-state index contributed by atoms with van der Waals surface area (Å²) in [6, 6.07) is 12.1. The van der Waals surface area contributed by atoms with Crippen LogP contribution >= 0.6 is 0 Å². The summed E-state index contributed by atoms with van der Waals surface area (Å²) in [5.74, 6) is 2.12. The van der Waals surface area contributed by atoms with Gasteiger partial charge in [0.15, 0.2) is 11.5 Å². The van der Waals surface area contributed by atoms with Crippen molar-refractivity contribution < 1.29 is 14.6 Å². The molecule has 2 aromatic carbocycles. The molecule has 2 N–H and O–H groups in total. The van der Waals surface area contributed by atoms with Crippen molar-refractivity contribution in [3.05, 3.63) is 53.1 Å². The molecule has 0 amide bonds. The molecular weight excluding hydrogens is 290 g/mol. The summed E-state index contributed by atoms with van der Waals surface area (Å²) < 4.78 is 11.6. The van der Waals surface area contributed by atoms with Gasteiger partial charge in [-0.3, -0.25) is 0 Å². The van der Waals surface area contributed by atoms with Crippen LogP contribution in [-0.2, 0) is 13.0 Å². The molecule has 2 aromatic rings. The minimum Gasteiger partial charge on any atom is -0.508 e. The maximum absolute atomic E-state index is 9.96. The smallest absolute Gasteiger partial charge is 0.165 e. The SMILES string of the molecule is Oc1cccc2c1CC[C@H]2NCc1cccc2c1OCCCO2. The van der Waals surface area contributed by atoms with Gasteiger partial charge in [0.05, 0.1) is 13.2 Å². The predicted octanol–water partition coefficient (Wildman–Crippen LogP) is 3.33. The van der Waals surface area contributed by atoms with Crippen molar-refractivity contribution in [2.24, 2.45) is 0 Å². The molecule has 0 saturated heterocycles. The van der Waals surface area contributed by atoms with Crippen molar-refractivity contribution in [1.82, 2.24) is 5.32 Å². The van der Waals surface area contributed by atoms with Crippen molar-refractivity contribution in [2.45, 2.75) is 31.8 Å². The van der Waals surface area contributed by atoms with Crippen LogP contribution in [-0.4, -0.2) is 18.3 Å². The Bertz CT molecular complexity index is 714. The van der Waals surface area contributed by atoms with Crippen LogP contribution < -0.4 is 14.8 Å². The number of para-hydroxylation sites is 1. The summed E-state index contributed by atoms with van der Waals surface area (Å²) in [6.07, 6.45) is 2.85. The van der Waals surface area contributed by atoms with E-state index in [1.165, 1.54) is 5.56 Å². The lowest BCUT2D eigenvalue weighted by molar-refractivity contribution is 0.295. The third-order valence-electron chi connectivity index (χ3n) is 4.64. The molecule has 23 heavy (non-hydrogen) atoms. The lowest BCUT2D eigenvalue weighted by Crippen LogP contribution is -2.19. The second-order valence-electron chi connectivity index (χ2n) is 6.11. The Morgan fingerprint density at radius 2 is 1.96 bits per heavy atom. The zero-order valence-corrected chi connectivity index (χ0v) is 13.0. The van der Waals surface area contributed by atoms with Gasteiger partial charge in [-0.2, -0.15) is 0 Å². The van der Waals surface area contributed by atoms with E-state index in [1.807, 2.05) is 18.2 Å². The second-order valence-corrected chi connectivity index (χ2v) is 6.11. The molecule has 0 radical (unpaired) electrons. The van der Waals surface area contributed by atoms with Gasteiger partial charge < -0.3 is 19.9 Å². The number of fused-ring (bicyclic) bond motifs is 2. The largest absolute Gasteiger partial charge is 0.508 e. The molecule has 0 spiro atoms. The molecule has 1 aliphatic heterocycles. The Morgan fingerprint density at radius 3 is 2.91 bits per heavy atom. The molecule has 0 unspecified atom stereocenters. The summed E-state index contributed by atoms with van der Waals surface area (Å²) >= 11 is 0. The minimum atomic E-state index is 0.277. The van der Waals surface area contributed by atoms with Crippen LogP contribution in [0.2, 0.25) is 0 Å². The van der Waals surface area contributed by atoms with E-state index < -0.39 is 0 Å². The first-order valence-corrected chi connectivity index (χ1v) is 8.24. The normalized spacial score (nSPS) is 19.2. The second kappa shape index (κ2) is 6.13. The maximum Gasteiger partial charge on any atom is 0.165 e. The van der Waals surface area contributed by atoms with Crippen LogP contribution in [0.4, 0.5) is 0 Å². The number of benzene rings is 2. The summed E-state index contributed by atoms with van der Waals surface area (Å²) in [7, 11) is 0. The van der Waals surface area contributed by atoms with E-state index in [2.05, 4.69) is 17.4 Å². The number of hydrogen-bond donors (Lipinski definition) is 2. The monoisotopic (exact) mass is 311 g/mol. The van der Waals surface area contributed by atoms with Gasteiger partial charge in [-0.25, -0.2) is 0 Å². The van der Waals surface area contributed by atoms with E-state index in [9.17, 15) is 5.11 Å². The number of rotatable bonds is 3. The lowest BCUT2D eigenvalue weighted by Gasteiger charge is -2.17. The quantitative estimate of drug-likeness (QED) is 0.913. The first kappa shape index (κ1) is 14.4. The summed E-state index contributed by atoms with van der Waals surface area (Å²) in [6.45, 7) is 2.13.